The first-order chi connectivity index (χ1) is 7.25. The van der Waals surface area contributed by atoms with Crippen LogP contribution >= 0.6 is 11.5 Å². The van der Waals surface area contributed by atoms with Gasteiger partial charge < -0.3 is 5.11 Å². The lowest BCUT2D eigenvalue weighted by atomic mass is 9.93. The molecule has 2 rings (SSSR count). The van der Waals surface area contributed by atoms with Crippen LogP contribution in [-0.2, 0) is 6.54 Å². The molecule has 0 spiro atoms. The van der Waals surface area contributed by atoms with E-state index in [9.17, 15) is 5.11 Å². The van der Waals surface area contributed by atoms with E-state index < -0.39 is 0 Å². The summed E-state index contributed by atoms with van der Waals surface area (Å²) in [5.41, 5.74) is 1.05. The van der Waals surface area contributed by atoms with Crippen LogP contribution in [0, 0.1) is 5.92 Å². The minimum Gasteiger partial charge on any atom is -0.393 e. The standard InChI is InChI=1S/C10H17N3OS/c1-8(14)9-3-2-4-13(5-9)6-10-7-15-12-11-10/h7-9,14H,2-6H2,1H3/t8-,9+/m0/s1. The molecule has 1 aliphatic rings. The van der Waals surface area contributed by atoms with E-state index in [0.29, 0.717) is 5.92 Å². The van der Waals surface area contributed by atoms with Gasteiger partial charge in [0.05, 0.1) is 11.8 Å². The lowest BCUT2D eigenvalue weighted by Gasteiger charge is -2.33. The Bertz CT molecular complexity index is 289. The van der Waals surface area contributed by atoms with Crippen molar-refractivity contribution in [3.05, 3.63) is 11.1 Å². The number of nitrogens with zero attached hydrogens (tertiary/aromatic N) is 3. The van der Waals surface area contributed by atoms with Gasteiger partial charge in [-0.25, -0.2) is 0 Å². The maximum atomic E-state index is 9.57. The highest BCUT2D eigenvalue weighted by Crippen LogP contribution is 2.20. The zero-order chi connectivity index (χ0) is 10.7. The predicted octanol–water partition coefficient (Wildman–Crippen LogP) is 1.13. The molecule has 0 amide bonds. The first-order valence-electron chi connectivity index (χ1n) is 5.42. The van der Waals surface area contributed by atoms with Crippen molar-refractivity contribution in [1.29, 1.82) is 0 Å². The minimum absolute atomic E-state index is 0.193. The van der Waals surface area contributed by atoms with Crippen LogP contribution in [0.25, 0.3) is 0 Å². The molecule has 1 saturated heterocycles. The molecule has 0 aliphatic carbocycles. The Morgan fingerprint density at radius 2 is 2.60 bits per heavy atom. The highest BCUT2D eigenvalue weighted by molar-refractivity contribution is 7.03. The fourth-order valence-electron chi connectivity index (χ4n) is 2.11. The Hall–Kier alpha value is -0.520. The van der Waals surface area contributed by atoms with Gasteiger partial charge >= 0.3 is 0 Å². The molecule has 0 bridgehead atoms. The quantitative estimate of drug-likeness (QED) is 0.841. The van der Waals surface area contributed by atoms with Crippen molar-refractivity contribution in [2.45, 2.75) is 32.4 Å². The summed E-state index contributed by atoms with van der Waals surface area (Å²) in [6.07, 6.45) is 2.12. The summed E-state index contributed by atoms with van der Waals surface area (Å²) in [4.78, 5) is 2.36. The maximum Gasteiger partial charge on any atom is 0.0895 e. The van der Waals surface area contributed by atoms with Crippen molar-refractivity contribution in [1.82, 2.24) is 14.5 Å². The van der Waals surface area contributed by atoms with Crippen molar-refractivity contribution in [2.24, 2.45) is 5.92 Å². The summed E-state index contributed by atoms with van der Waals surface area (Å²) < 4.78 is 3.86. The van der Waals surface area contributed by atoms with Gasteiger partial charge in [-0.3, -0.25) is 4.90 Å². The Balaban J connectivity index is 1.88. The summed E-state index contributed by atoms with van der Waals surface area (Å²) in [6.45, 7) is 4.86. The van der Waals surface area contributed by atoms with Crippen LogP contribution in [0.2, 0.25) is 0 Å². The summed E-state index contributed by atoms with van der Waals surface area (Å²) >= 11 is 1.40. The van der Waals surface area contributed by atoms with E-state index in [0.717, 1.165) is 31.7 Å². The van der Waals surface area contributed by atoms with Gasteiger partial charge in [0.2, 0.25) is 0 Å². The molecular formula is C10H17N3OS. The summed E-state index contributed by atoms with van der Waals surface area (Å²) in [5.74, 6) is 0.422. The SMILES string of the molecule is C[C@H](O)[C@@H]1CCCN(Cc2csnn2)C1. The van der Waals surface area contributed by atoms with Gasteiger partial charge in [0.25, 0.3) is 0 Å². The molecule has 84 valence electrons. The number of rotatable bonds is 3. The summed E-state index contributed by atoms with van der Waals surface area (Å²) in [6, 6.07) is 0. The Kier molecular flexibility index (Phi) is 3.66. The van der Waals surface area contributed by atoms with Crippen LogP contribution in [0.1, 0.15) is 25.5 Å². The number of aliphatic hydroxyl groups excluding tert-OH is 1. The van der Waals surface area contributed by atoms with Gasteiger partial charge in [-0.05, 0) is 43.8 Å². The molecule has 1 aromatic rings. The topological polar surface area (TPSA) is 49.2 Å². The van der Waals surface area contributed by atoms with Crippen molar-refractivity contribution in [3.8, 4) is 0 Å². The van der Waals surface area contributed by atoms with Crippen molar-refractivity contribution in [3.63, 3.8) is 0 Å². The van der Waals surface area contributed by atoms with Gasteiger partial charge in [0.1, 0.15) is 0 Å². The van der Waals surface area contributed by atoms with Crippen molar-refractivity contribution in [2.75, 3.05) is 13.1 Å². The highest BCUT2D eigenvalue weighted by atomic mass is 32.1. The van der Waals surface area contributed by atoms with Gasteiger partial charge in [-0.15, -0.1) is 5.10 Å². The summed E-state index contributed by atoms with van der Waals surface area (Å²) in [5, 5.41) is 15.6. The number of aliphatic hydroxyl groups is 1. The van der Waals surface area contributed by atoms with Crippen LogP contribution < -0.4 is 0 Å². The van der Waals surface area contributed by atoms with E-state index in [4.69, 9.17) is 0 Å². The van der Waals surface area contributed by atoms with Crippen LogP contribution in [0.3, 0.4) is 0 Å². The molecule has 5 heteroatoms. The van der Waals surface area contributed by atoms with E-state index in [1.54, 1.807) is 0 Å². The number of piperidine rings is 1. The van der Waals surface area contributed by atoms with E-state index in [-0.39, 0.29) is 6.10 Å². The number of hydrogen-bond donors (Lipinski definition) is 1. The average molecular weight is 227 g/mol. The molecule has 4 nitrogen and oxygen atoms in total. The molecule has 0 aromatic carbocycles. The molecule has 1 aromatic heterocycles. The third-order valence-corrected chi connectivity index (χ3v) is 3.57. The molecule has 0 unspecified atom stereocenters. The summed E-state index contributed by atoms with van der Waals surface area (Å²) in [7, 11) is 0. The van der Waals surface area contributed by atoms with Crippen LogP contribution in [0.5, 0.6) is 0 Å². The number of aromatic nitrogens is 2. The molecule has 1 N–H and O–H groups in total. The second kappa shape index (κ2) is 5.01. The monoisotopic (exact) mass is 227 g/mol. The van der Waals surface area contributed by atoms with E-state index in [1.165, 1.54) is 18.0 Å². The first kappa shape index (κ1) is 11.0. The normalized spacial score (nSPS) is 25.3. The van der Waals surface area contributed by atoms with Gasteiger partial charge in [-0.2, -0.15) is 0 Å². The van der Waals surface area contributed by atoms with Gasteiger partial charge in [0.15, 0.2) is 0 Å². The molecule has 1 fully saturated rings. The zero-order valence-corrected chi connectivity index (χ0v) is 9.78. The minimum atomic E-state index is -0.193. The van der Waals surface area contributed by atoms with Gasteiger partial charge in [-0.1, -0.05) is 4.49 Å². The van der Waals surface area contributed by atoms with E-state index in [1.807, 2.05) is 12.3 Å². The number of likely N-dealkylation sites (tertiary alicyclic amines) is 1. The fourth-order valence-corrected chi connectivity index (χ4v) is 2.55. The molecule has 15 heavy (non-hydrogen) atoms. The largest absolute Gasteiger partial charge is 0.393 e. The molecule has 2 atom stereocenters. The van der Waals surface area contributed by atoms with Crippen molar-refractivity contribution < 1.29 is 5.11 Å². The molecular weight excluding hydrogens is 210 g/mol. The second-order valence-electron chi connectivity index (χ2n) is 4.27. The maximum absolute atomic E-state index is 9.57. The molecule has 2 heterocycles. The zero-order valence-electron chi connectivity index (χ0n) is 8.96. The van der Waals surface area contributed by atoms with E-state index >= 15 is 0 Å². The Labute approximate surface area is 94.1 Å². The third-order valence-electron chi connectivity index (χ3n) is 3.01. The Morgan fingerprint density at radius 1 is 1.73 bits per heavy atom. The second-order valence-corrected chi connectivity index (χ2v) is 4.88. The smallest absolute Gasteiger partial charge is 0.0895 e. The highest BCUT2D eigenvalue weighted by Gasteiger charge is 2.23. The average Bonchev–Trinajstić information content (AvgIpc) is 2.71. The van der Waals surface area contributed by atoms with Crippen molar-refractivity contribution >= 4 is 11.5 Å². The molecule has 0 saturated carbocycles. The number of hydrogen-bond acceptors (Lipinski definition) is 5. The first-order valence-corrected chi connectivity index (χ1v) is 6.25. The third kappa shape index (κ3) is 2.96. The lowest BCUT2D eigenvalue weighted by molar-refractivity contribution is 0.0594. The van der Waals surface area contributed by atoms with Crippen LogP contribution in [0.4, 0.5) is 0 Å². The predicted molar refractivity (Wildman–Crippen MR) is 59.6 cm³/mol. The van der Waals surface area contributed by atoms with Gasteiger partial charge in [0, 0.05) is 18.5 Å². The van der Waals surface area contributed by atoms with Crippen LogP contribution in [0.15, 0.2) is 5.38 Å². The Morgan fingerprint density at radius 3 is 3.27 bits per heavy atom. The van der Waals surface area contributed by atoms with E-state index in [2.05, 4.69) is 14.5 Å². The molecule has 1 aliphatic heterocycles. The lowest BCUT2D eigenvalue weighted by Crippen LogP contribution is -2.39. The fraction of sp³-hybridized carbons (Fsp3) is 0.800. The van der Waals surface area contributed by atoms with Crippen LogP contribution in [-0.4, -0.2) is 38.8 Å². The molecule has 0 radical (unpaired) electrons.